The Morgan fingerprint density at radius 3 is 2.50 bits per heavy atom. The van der Waals surface area contributed by atoms with Gasteiger partial charge in [-0.3, -0.25) is 4.79 Å². The number of anilines is 1. The molecular formula is C25H24N2O3. The van der Waals surface area contributed by atoms with Crippen LogP contribution in [0.1, 0.15) is 26.3 Å². The molecule has 5 nitrogen and oxygen atoms in total. The fourth-order valence-electron chi connectivity index (χ4n) is 3.12. The van der Waals surface area contributed by atoms with Gasteiger partial charge in [-0.15, -0.1) is 0 Å². The Morgan fingerprint density at radius 2 is 1.77 bits per heavy atom. The number of oxazole rings is 1. The van der Waals surface area contributed by atoms with Crippen molar-refractivity contribution < 1.29 is 13.9 Å². The predicted molar refractivity (Wildman–Crippen MR) is 119 cm³/mol. The summed E-state index contributed by atoms with van der Waals surface area (Å²) in [6.07, 6.45) is 0. The van der Waals surface area contributed by atoms with Crippen LogP contribution in [-0.2, 0) is 10.2 Å². The summed E-state index contributed by atoms with van der Waals surface area (Å²) in [5.41, 5.74) is 4.28. The largest absolute Gasteiger partial charge is 0.484 e. The van der Waals surface area contributed by atoms with Gasteiger partial charge < -0.3 is 14.5 Å². The lowest BCUT2D eigenvalue weighted by Crippen LogP contribution is -2.20. The summed E-state index contributed by atoms with van der Waals surface area (Å²) in [4.78, 5) is 16.8. The molecule has 3 aromatic carbocycles. The van der Waals surface area contributed by atoms with Crippen LogP contribution in [0.4, 0.5) is 5.69 Å². The van der Waals surface area contributed by atoms with Crippen molar-refractivity contribution in [1.29, 1.82) is 0 Å². The second-order valence-electron chi connectivity index (χ2n) is 8.18. The number of fused-ring (bicyclic) bond motifs is 1. The number of benzene rings is 3. The second kappa shape index (κ2) is 8.03. The van der Waals surface area contributed by atoms with Crippen LogP contribution in [0, 0.1) is 0 Å². The molecule has 0 fully saturated rings. The van der Waals surface area contributed by atoms with E-state index in [0.29, 0.717) is 17.3 Å². The maximum atomic E-state index is 12.3. The average Bonchev–Trinajstić information content (AvgIpc) is 3.16. The van der Waals surface area contributed by atoms with E-state index in [4.69, 9.17) is 9.15 Å². The molecule has 30 heavy (non-hydrogen) atoms. The summed E-state index contributed by atoms with van der Waals surface area (Å²) in [5.74, 6) is 0.950. The van der Waals surface area contributed by atoms with Gasteiger partial charge >= 0.3 is 0 Å². The van der Waals surface area contributed by atoms with E-state index in [2.05, 4.69) is 31.1 Å². The number of aromatic nitrogens is 1. The van der Waals surface area contributed by atoms with Crippen molar-refractivity contribution in [2.24, 2.45) is 0 Å². The lowest BCUT2D eigenvalue weighted by molar-refractivity contribution is -0.118. The average molecular weight is 400 g/mol. The lowest BCUT2D eigenvalue weighted by atomic mass is 9.87. The molecule has 1 amide bonds. The van der Waals surface area contributed by atoms with Crippen molar-refractivity contribution in [1.82, 2.24) is 4.98 Å². The van der Waals surface area contributed by atoms with E-state index in [9.17, 15) is 4.79 Å². The number of para-hydroxylation sites is 2. The van der Waals surface area contributed by atoms with E-state index in [1.54, 1.807) is 0 Å². The maximum absolute atomic E-state index is 12.3. The molecule has 0 saturated carbocycles. The molecule has 0 aliphatic rings. The van der Waals surface area contributed by atoms with Crippen LogP contribution in [-0.4, -0.2) is 17.5 Å². The maximum Gasteiger partial charge on any atom is 0.262 e. The van der Waals surface area contributed by atoms with E-state index in [-0.39, 0.29) is 17.9 Å². The van der Waals surface area contributed by atoms with Crippen molar-refractivity contribution >= 4 is 22.7 Å². The Balaban J connectivity index is 1.39. The van der Waals surface area contributed by atoms with Crippen molar-refractivity contribution in [3.63, 3.8) is 0 Å². The van der Waals surface area contributed by atoms with Gasteiger partial charge in [0.05, 0.1) is 0 Å². The first-order valence-corrected chi connectivity index (χ1v) is 9.88. The van der Waals surface area contributed by atoms with Crippen LogP contribution in [0.2, 0.25) is 0 Å². The van der Waals surface area contributed by atoms with Crippen LogP contribution in [0.15, 0.2) is 77.2 Å². The smallest absolute Gasteiger partial charge is 0.262 e. The van der Waals surface area contributed by atoms with Crippen molar-refractivity contribution in [3.05, 3.63) is 78.4 Å². The van der Waals surface area contributed by atoms with Crippen LogP contribution >= 0.6 is 0 Å². The number of hydrogen-bond donors (Lipinski definition) is 1. The quantitative estimate of drug-likeness (QED) is 0.459. The fourth-order valence-corrected chi connectivity index (χ4v) is 3.12. The number of rotatable bonds is 5. The van der Waals surface area contributed by atoms with Crippen LogP contribution < -0.4 is 10.1 Å². The first-order chi connectivity index (χ1) is 14.4. The van der Waals surface area contributed by atoms with Gasteiger partial charge in [-0.1, -0.05) is 51.1 Å². The molecule has 0 radical (unpaired) electrons. The zero-order chi connectivity index (χ0) is 21.1. The summed E-state index contributed by atoms with van der Waals surface area (Å²) in [6, 6.07) is 22.8. The summed E-state index contributed by atoms with van der Waals surface area (Å²) in [7, 11) is 0. The molecule has 0 aliphatic heterocycles. The van der Waals surface area contributed by atoms with Gasteiger partial charge in [0.2, 0.25) is 5.89 Å². The summed E-state index contributed by atoms with van der Waals surface area (Å²) in [5, 5.41) is 2.86. The molecule has 0 atom stereocenters. The number of ether oxygens (including phenoxy) is 1. The molecule has 0 bridgehead atoms. The third-order valence-electron chi connectivity index (χ3n) is 4.78. The fraction of sp³-hybridized carbons (Fsp3) is 0.200. The standard InChI is InChI=1S/C25H24N2O3/c1-25(2,3)18-11-13-20(14-12-18)29-16-23(28)26-19-8-6-7-17(15-19)24-27-21-9-4-5-10-22(21)30-24/h4-15H,16H2,1-3H3,(H,26,28). The van der Waals surface area contributed by atoms with E-state index < -0.39 is 0 Å². The molecule has 0 spiro atoms. The molecule has 5 heteroatoms. The van der Waals surface area contributed by atoms with Crippen molar-refractivity contribution in [2.45, 2.75) is 26.2 Å². The highest BCUT2D eigenvalue weighted by molar-refractivity contribution is 5.92. The van der Waals surface area contributed by atoms with Gasteiger partial charge in [0, 0.05) is 11.3 Å². The normalized spacial score (nSPS) is 11.4. The molecule has 1 N–H and O–H groups in total. The first-order valence-electron chi connectivity index (χ1n) is 9.88. The molecule has 0 saturated heterocycles. The van der Waals surface area contributed by atoms with Crippen LogP contribution in [0.5, 0.6) is 5.75 Å². The number of carbonyl (C=O) groups is 1. The topological polar surface area (TPSA) is 64.4 Å². The summed E-state index contributed by atoms with van der Waals surface area (Å²) in [6.45, 7) is 6.41. The zero-order valence-corrected chi connectivity index (χ0v) is 17.3. The third kappa shape index (κ3) is 4.51. The molecule has 0 unspecified atom stereocenters. The minimum atomic E-state index is -0.232. The molecule has 0 aliphatic carbocycles. The van der Waals surface area contributed by atoms with Gasteiger partial charge in [-0.2, -0.15) is 0 Å². The molecule has 1 aromatic heterocycles. The minimum absolute atomic E-state index is 0.0675. The van der Waals surface area contributed by atoms with Gasteiger partial charge in [-0.25, -0.2) is 4.98 Å². The summed E-state index contributed by atoms with van der Waals surface area (Å²) >= 11 is 0. The monoisotopic (exact) mass is 400 g/mol. The second-order valence-corrected chi connectivity index (χ2v) is 8.18. The third-order valence-corrected chi connectivity index (χ3v) is 4.78. The van der Waals surface area contributed by atoms with Gasteiger partial charge in [0.25, 0.3) is 5.91 Å². The van der Waals surface area contributed by atoms with E-state index in [1.165, 1.54) is 5.56 Å². The van der Waals surface area contributed by atoms with E-state index in [1.807, 2.05) is 72.8 Å². The van der Waals surface area contributed by atoms with E-state index >= 15 is 0 Å². The van der Waals surface area contributed by atoms with Crippen LogP contribution in [0.3, 0.4) is 0 Å². The zero-order valence-electron chi connectivity index (χ0n) is 17.3. The van der Waals surface area contributed by atoms with Crippen molar-refractivity contribution in [3.8, 4) is 17.2 Å². The Kier molecular flexibility index (Phi) is 5.27. The SMILES string of the molecule is CC(C)(C)c1ccc(OCC(=O)Nc2cccc(-c3nc4ccccc4o3)c2)cc1. The molecular weight excluding hydrogens is 376 g/mol. The van der Waals surface area contributed by atoms with E-state index in [0.717, 1.165) is 16.7 Å². The molecule has 1 heterocycles. The van der Waals surface area contributed by atoms with Gasteiger partial charge in [0.15, 0.2) is 12.2 Å². The highest BCUT2D eigenvalue weighted by atomic mass is 16.5. The lowest BCUT2D eigenvalue weighted by Gasteiger charge is -2.19. The van der Waals surface area contributed by atoms with Gasteiger partial charge in [-0.05, 0) is 53.4 Å². The predicted octanol–water partition coefficient (Wildman–Crippen LogP) is 5.81. The van der Waals surface area contributed by atoms with Crippen LogP contribution in [0.25, 0.3) is 22.6 Å². The number of nitrogens with one attached hydrogen (secondary N) is 1. The molecule has 4 rings (SSSR count). The Bertz CT molecular complexity index is 1140. The highest BCUT2D eigenvalue weighted by Gasteiger charge is 2.13. The number of carbonyl (C=O) groups excluding carboxylic acids is 1. The first kappa shape index (κ1) is 19.7. The number of hydrogen-bond acceptors (Lipinski definition) is 4. The molecule has 152 valence electrons. The highest BCUT2D eigenvalue weighted by Crippen LogP contribution is 2.26. The summed E-state index contributed by atoms with van der Waals surface area (Å²) < 4.78 is 11.4. The number of nitrogens with zero attached hydrogens (tertiary/aromatic N) is 1. The Morgan fingerprint density at radius 1 is 1.00 bits per heavy atom. The minimum Gasteiger partial charge on any atom is -0.484 e. The Labute approximate surface area is 175 Å². The number of amides is 1. The Hall–Kier alpha value is -3.60. The van der Waals surface area contributed by atoms with Crippen molar-refractivity contribution in [2.75, 3.05) is 11.9 Å². The van der Waals surface area contributed by atoms with Gasteiger partial charge in [0.1, 0.15) is 11.3 Å². The molecule has 4 aromatic rings.